The van der Waals surface area contributed by atoms with Crippen molar-refractivity contribution >= 4 is 0 Å². The molecule has 0 unspecified atom stereocenters. The van der Waals surface area contributed by atoms with Crippen molar-refractivity contribution in [3.05, 3.63) is 24.3 Å². The first kappa shape index (κ1) is 25.4. The predicted molar refractivity (Wildman–Crippen MR) is 116 cm³/mol. The highest BCUT2D eigenvalue weighted by Crippen LogP contribution is 2.12. The van der Waals surface area contributed by atoms with Gasteiger partial charge in [-0.3, -0.25) is 0 Å². The SMILES string of the molecule is CCCC/C=C\CC/C=C\CCCCCC(OCCCC)OCCCC. The lowest BCUT2D eigenvalue weighted by atomic mass is 10.1. The van der Waals surface area contributed by atoms with Gasteiger partial charge in [-0.1, -0.05) is 77.2 Å². The molecule has 0 saturated carbocycles. The van der Waals surface area contributed by atoms with Gasteiger partial charge in [-0.2, -0.15) is 0 Å². The lowest BCUT2D eigenvalue weighted by Gasteiger charge is -2.18. The third-order valence-corrected chi connectivity index (χ3v) is 4.47. The van der Waals surface area contributed by atoms with Crippen LogP contribution in [0.1, 0.15) is 111 Å². The maximum absolute atomic E-state index is 5.89. The summed E-state index contributed by atoms with van der Waals surface area (Å²) in [6.07, 6.45) is 26.2. The molecule has 0 N–H and O–H groups in total. The van der Waals surface area contributed by atoms with Gasteiger partial charge < -0.3 is 9.47 Å². The smallest absolute Gasteiger partial charge is 0.157 e. The van der Waals surface area contributed by atoms with Gasteiger partial charge in [0.25, 0.3) is 0 Å². The summed E-state index contributed by atoms with van der Waals surface area (Å²) in [4.78, 5) is 0. The molecule has 0 aliphatic rings. The van der Waals surface area contributed by atoms with Crippen LogP contribution in [-0.2, 0) is 9.47 Å². The number of ether oxygens (including phenoxy) is 2. The van der Waals surface area contributed by atoms with Crippen LogP contribution in [-0.4, -0.2) is 19.5 Å². The maximum atomic E-state index is 5.89. The van der Waals surface area contributed by atoms with E-state index in [1.54, 1.807) is 0 Å². The molecule has 154 valence electrons. The van der Waals surface area contributed by atoms with Crippen LogP contribution in [0, 0.1) is 0 Å². The van der Waals surface area contributed by atoms with Gasteiger partial charge >= 0.3 is 0 Å². The Hall–Kier alpha value is -0.600. The largest absolute Gasteiger partial charge is 0.353 e. The van der Waals surface area contributed by atoms with Crippen molar-refractivity contribution in [1.29, 1.82) is 0 Å². The number of hydrogen-bond acceptors (Lipinski definition) is 2. The average molecular weight is 367 g/mol. The standard InChI is InChI=1S/C24H46O2/c1-4-7-10-11-12-13-14-15-16-17-18-19-20-21-24(25-22-8-5-2)26-23-9-6-3/h11-12,15-16,24H,4-10,13-14,17-23H2,1-3H3/b12-11-,16-15-. The van der Waals surface area contributed by atoms with E-state index in [2.05, 4.69) is 45.1 Å². The van der Waals surface area contributed by atoms with Gasteiger partial charge in [-0.05, 0) is 57.8 Å². The third kappa shape index (κ3) is 19.7. The van der Waals surface area contributed by atoms with Crippen LogP contribution >= 0.6 is 0 Å². The molecule has 0 amide bonds. The van der Waals surface area contributed by atoms with Crippen LogP contribution in [0.25, 0.3) is 0 Å². The first-order valence-electron chi connectivity index (χ1n) is 11.4. The Morgan fingerprint density at radius 3 is 1.58 bits per heavy atom. The fraction of sp³-hybridized carbons (Fsp3) is 0.833. The van der Waals surface area contributed by atoms with E-state index in [0.29, 0.717) is 0 Å². The molecule has 0 aliphatic heterocycles. The molecule has 0 atom stereocenters. The molecule has 0 aromatic heterocycles. The Bertz CT molecular complexity index is 299. The normalized spacial score (nSPS) is 12.2. The lowest BCUT2D eigenvalue weighted by molar-refractivity contribution is -0.147. The Kier molecular flexibility index (Phi) is 21.9. The molecule has 0 bridgehead atoms. The minimum atomic E-state index is 0.0168. The molecule has 0 aromatic carbocycles. The number of rotatable bonds is 20. The van der Waals surface area contributed by atoms with E-state index in [1.807, 2.05) is 0 Å². The Morgan fingerprint density at radius 1 is 0.538 bits per heavy atom. The predicted octanol–water partition coefficient (Wildman–Crippen LogP) is 7.98. The number of allylic oxidation sites excluding steroid dienone is 4. The Labute approximate surface area is 164 Å². The molecule has 2 nitrogen and oxygen atoms in total. The monoisotopic (exact) mass is 366 g/mol. The van der Waals surface area contributed by atoms with Crippen LogP contribution in [0.4, 0.5) is 0 Å². The molecular formula is C24H46O2. The zero-order valence-electron chi connectivity index (χ0n) is 18.0. The fourth-order valence-corrected chi connectivity index (χ4v) is 2.67. The van der Waals surface area contributed by atoms with Crippen LogP contribution < -0.4 is 0 Å². The van der Waals surface area contributed by atoms with Crippen molar-refractivity contribution in [1.82, 2.24) is 0 Å². The summed E-state index contributed by atoms with van der Waals surface area (Å²) in [5.41, 5.74) is 0. The van der Waals surface area contributed by atoms with E-state index in [0.717, 1.165) is 32.5 Å². The van der Waals surface area contributed by atoms with Crippen molar-refractivity contribution in [3.8, 4) is 0 Å². The van der Waals surface area contributed by atoms with E-state index in [-0.39, 0.29) is 6.29 Å². The highest BCUT2D eigenvalue weighted by atomic mass is 16.7. The van der Waals surface area contributed by atoms with Gasteiger partial charge in [-0.15, -0.1) is 0 Å². The summed E-state index contributed by atoms with van der Waals surface area (Å²) in [6.45, 7) is 8.32. The van der Waals surface area contributed by atoms with E-state index in [9.17, 15) is 0 Å². The molecule has 0 aliphatic carbocycles. The molecule has 0 aromatic rings. The van der Waals surface area contributed by atoms with Gasteiger partial charge in [-0.25, -0.2) is 0 Å². The highest BCUT2D eigenvalue weighted by molar-refractivity contribution is 4.87. The van der Waals surface area contributed by atoms with Crippen molar-refractivity contribution < 1.29 is 9.47 Å². The van der Waals surface area contributed by atoms with Crippen molar-refractivity contribution in [3.63, 3.8) is 0 Å². The van der Waals surface area contributed by atoms with Crippen LogP contribution in [0.2, 0.25) is 0 Å². The molecule has 0 radical (unpaired) electrons. The van der Waals surface area contributed by atoms with Crippen LogP contribution in [0.3, 0.4) is 0 Å². The second kappa shape index (κ2) is 22.4. The third-order valence-electron chi connectivity index (χ3n) is 4.47. The van der Waals surface area contributed by atoms with Gasteiger partial charge in [0.05, 0.1) is 0 Å². The number of hydrogen-bond donors (Lipinski definition) is 0. The second-order valence-electron chi connectivity index (χ2n) is 7.18. The summed E-state index contributed by atoms with van der Waals surface area (Å²) in [7, 11) is 0. The minimum Gasteiger partial charge on any atom is -0.353 e. The highest BCUT2D eigenvalue weighted by Gasteiger charge is 2.08. The van der Waals surface area contributed by atoms with E-state index in [4.69, 9.17) is 9.47 Å². The first-order chi connectivity index (χ1) is 12.8. The molecule has 0 rings (SSSR count). The van der Waals surface area contributed by atoms with Crippen LogP contribution in [0.5, 0.6) is 0 Å². The van der Waals surface area contributed by atoms with E-state index in [1.165, 1.54) is 70.6 Å². The fourth-order valence-electron chi connectivity index (χ4n) is 2.67. The van der Waals surface area contributed by atoms with Gasteiger partial charge in [0.2, 0.25) is 0 Å². The van der Waals surface area contributed by atoms with Crippen molar-refractivity contribution in [2.24, 2.45) is 0 Å². The average Bonchev–Trinajstić information content (AvgIpc) is 2.65. The van der Waals surface area contributed by atoms with Gasteiger partial charge in [0.1, 0.15) is 0 Å². The van der Waals surface area contributed by atoms with E-state index < -0.39 is 0 Å². The van der Waals surface area contributed by atoms with Gasteiger partial charge in [0, 0.05) is 13.2 Å². The molecule has 0 spiro atoms. The summed E-state index contributed by atoms with van der Waals surface area (Å²) < 4.78 is 11.8. The van der Waals surface area contributed by atoms with Crippen molar-refractivity contribution in [2.45, 2.75) is 117 Å². The quantitative estimate of drug-likeness (QED) is 0.123. The molecular weight excluding hydrogens is 320 g/mol. The molecule has 0 fully saturated rings. The Morgan fingerprint density at radius 2 is 1.04 bits per heavy atom. The molecule has 26 heavy (non-hydrogen) atoms. The Balaban J connectivity index is 3.59. The molecule has 2 heteroatoms. The summed E-state index contributed by atoms with van der Waals surface area (Å²) in [5, 5.41) is 0. The summed E-state index contributed by atoms with van der Waals surface area (Å²) >= 11 is 0. The zero-order chi connectivity index (χ0) is 19.1. The second-order valence-corrected chi connectivity index (χ2v) is 7.18. The topological polar surface area (TPSA) is 18.5 Å². The van der Waals surface area contributed by atoms with Gasteiger partial charge in [0.15, 0.2) is 6.29 Å². The summed E-state index contributed by atoms with van der Waals surface area (Å²) in [5.74, 6) is 0. The zero-order valence-corrected chi connectivity index (χ0v) is 18.0. The van der Waals surface area contributed by atoms with E-state index >= 15 is 0 Å². The minimum absolute atomic E-state index is 0.0168. The first-order valence-corrected chi connectivity index (χ1v) is 11.4. The molecule has 0 heterocycles. The molecule has 0 saturated heterocycles. The number of unbranched alkanes of at least 4 members (excludes halogenated alkanes) is 8. The summed E-state index contributed by atoms with van der Waals surface area (Å²) in [6, 6.07) is 0. The lowest BCUT2D eigenvalue weighted by Crippen LogP contribution is -2.18. The maximum Gasteiger partial charge on any atom is 0.157 e. The van der Waals surface area contributed by atoms with Crippen LogP contribution in [0.15, 0.2) is 24.3 Å². The van der Waals surface area contributed by atoms with Crippen molar-refractivity contribution in [2.75, 3.05) is 13.2 Å².